The van der Waals surface area contributed by atoms with Crippen LogP contribution in [0.2, 0.25) is 0 Å². The molecule has 3 rings (SSSR count). The maximum atomic E-state index is 13.5. The largest absolute Gasteiger partial charge is 0.465 e. The molecule has 0 spiro atoms. The van der Waals surface area contributed by atoms with E-state index in [9.17, 15) is 22.7 Å². The zero-order chi connectivity index (χ0) is 20.3. The minimum Gasteiger partial charge on any atom is -0.465 e. The average Bonchev–Trinajstić information content (AvgIpc) is 3.04. The SMILES string of the molecule is CCS(=O)(=O)N[C@H]1CCN(C(=O)O)[C@H]1Cc1cccc(-c2cccc(F)c2)c1. The van der Waals surface area contributed by atoms with Crippen molar-refractivity contribution in [1.29, 1.82) is 0 Å². The summed E-state index contributed by atoms with van der Waals surface area (Å²) in [7, 11) is -3.44. The van der Waals surface area contributed by atoms with Gasteiger partial charge in [-0.05, 0) is 48.6 Å². The fourth-order valence-corrected chi connectivity index (χ4v) is 4.49. The molecule has 0 aliphatic carbocycles. The molecule has 0 bridgehead atoms. The number of sulfonamides is 1. The highest BCUT2D eigenvalue weighted by Crippen LogP contribution is 2.26. The average molecular weight is 406 g/mol. The molecule has 2 aromatic carbocycles. The first-order chi connectivity index (χ1) is 13.3. The van der Waals surface area contributed by atoms with E-state index >= 15 is 0 Å². The predicted octanol–water partition coefficient (Wildman–Crippen LogP) is 3.10. The topological polar surface area (TPSA) is 86.7 Å². The molecule has 1 amide bonds. The van der Waals surface area contributed by atoms with Gasteiger partial charge in [-0.3, -0.25) is 0 Å². The quantitative estimate of drug-likeness (QED) is 0.772. The Bertz CT molecular complexity index is 964. The zero-order valence-corrected chi connectivity index (χ0v) is 16.3. The van der Waals surface area contributed by atoms with Crippen molar-refractivity contribution < 1.29 is 22.7 Å². The van der Waals surface area contributed by atoms with Crippen molar-refractivity contribution in [2.45, 2.75) is 31.8 Å². The Kier molecular flexibility index (Phi) is 6.00. The summed E-state index contributed by atoms with van der Waals surface area (Å²) in [5.74, 6) is -0.386. The molecule has 2 atom stereocenters. The van der Waals surface area contributed by atoms with Gasteiger partial charge in [0.2, 0.25) is 10.0 Å². The van der Waals surface area contributed by atoms with Crippen LogP contribution in [0.1, 0.15) is 18.9 Å². The normalized spacial score (nSPS) is 19.7. The lowest BCUT2D eigenvalue weighted by Gasteiger charge is -2.26. The molecule has 0 saturated carbocycles. The molecule has 28 heavy (non-hydrogen) atoms. The van der Waals surface area contributed by atoms with E-state index in [4.69, 9.17) is 0 Å². The minimum atomic E-state index is -3.44. The Balaban J connectivity index is 1.86. The van der Waals surface area contributed by atoms with Crippen molar-refractivity contribution in [3.05, 3.63) is 59.9 Å². The number of benzene rings is 2. The van der Waals surface area contributed by atoms with E-state index in [2.05, 4.69) is 4.72 Å². The van der Waals surface area contributed by atoms with Crippen LogP contribution >= 0.6 is 0 Å². The maximum Gasteiger partial charge on any atom is 0.407 e. The van der Waals surface area contributed by atoms with Crippen LogP contribution in [0, 0.1) is 5.82 Å². The van der Waals surface area contributed by atoms with Gasteiger partial charge < -0.3 is 10.0 Å². The Hall–Kier alpha value is -2.45. The van der Waals surface area contributed by atoms with E-state index in [-0.39, 0.29) is 18.1 Å². The number of carbonyl (C=O) groups is 1. The third-order valence-corrected chi connectivity index (χ3v) is 6.45. The Morgan fingerprint density at radius 2 is 1.89 bits per heavy atom. The predicted molar refractivity (Wildman–Crippen MR) is 105 cm³/mol. The van der Waals surface area contributed by atoms with Crippen molar-refractivity contribution in [3.8, 4) is 11.1 Å². The standard InChI is InChI=1S/C20H23FN2O4S/c1-2-28(26,27)22-18-9-10-23(20(24)25)19(18)12-14-5-3-6-15(11-14)16-7-4-8-17(21)13-16/h3-8,11,13,18-19,22H,2,9-10,12H2,1H3,(H,24,25)/t18-,19-/m0/s1. The highest BCUT2D eigenvalue weighted by Gasteiger charge is 2.38. The van der Waals surface area contributed by atoms with Crippen LogP contribution in [0.25, 0.3) is 11.1 Å². The lowest BCUT2D eigenvalue weighted by molar-refractivity contribution is 0.137. The Labute approximate surface area is 164 Å². The molecule has 1 fully saturated rings. The highest BCUT2D eigenvalue weighted by molar-refractivity contribution is 7.89. The summed E-state index contributed by atoms with van der Waals surface area (Å²) < 4.78 is 40.1. The minimum absolute atomic E-state index is 0.0572. The summed E-state index contributed by atoms with van der Waals surface area (Å²) >= 11 is 0. The van der Waals surface area contributed by atoms with Crippen molar-refractivity contribution in [2.75, 3.05) is 12.3 Å². The first kappa shape index (κ1) is 20.3. The molecule has 2 aromatic rings. The van der Waals surface area contributed by atoms with Crippen LogP contribution in [-0.2, 0) is 16.4 Å². The lowest BCUT2D eigenvalue weighted by Crippen LogP contribution is -2.47. The fraction of sp³-hybridized carbons (Fsp3) is 0.350. The van der Waals surface area contributed by atoms with Crippen LogP contribution in [0.3, 0.4) is 0 Å². The third-order valence-electron chi connectivity index (χ3n) is 5.03. The maximum absolute atomic E-state index is 13.5. The molecule has 0 aromatic heterocycles. The number of amides is 1. The molecule has 0 unspecified atom stereocenters. The molecular formula is C20H23FN2O4S. The van der Waals surface area contributed by atoms with E-state index in [0.717, 1.165) is 16.7 Å². The summed E-state index contributed by atoms with van der Waals surface area (Å²) in [5, 5.41) is 9.51. The molecule has 1 aliphatic rings. The van der Waals surface area contributed by atoms with Gasteiger partial charge in [0, 0.05) is 12.6 Å². The second kappa shape index (κ2) is 8.28. The summed E-state index contributed by atoms with van der Waals surface area (Å²) in [6.07, 6.45) is -0.268. The number of likely N-dealkylation sites (tertiary alicyclic amines) is 1. The van der Waals surface area contributed by atoms with Crippen LogP contribution < -0.4 is 4.72 Å². The van der Waals surface area contributed by atoms with E-state index in [1.54, 1.807) is 19.1 Å². The summed E-state index contributed by atoms with van der Waals surface area (Å²) in [5.41, 5.74) is 2.41. The number of hydrogen-bond acceptors (Lipinski definition) is 3. The summed E-state index contributed by atoms with van der Waals surface area (Å²) in [6.45, 7) is 1.82. The van der Waals surface area contributed by atoms with Crippen molar-refractivity contribution in [3.63, 3.8) is 0 Å². The van der Waals surface area contributed by atoms with Gasteiger partial charge in [-0.1, -0.05) is 36.4 Å². The molecule has 8 heteroatoms. The second-order valence-electron chi connectivity index (χ2n) is 6.87. The van der Waals surface area contributed by atoms with Gasteiger partial charge in [0.25, 0.3) is 0 Å². The monoisotopic (exact) mass is 406 g/mol. The summed E-state index contributed by atoms with van der Waals surface area (Å²) in [4.78, 5) is 12.9. The van der Waals surface area contributed by atoms with Crippen molar-refractivity contribution >= 4 is 16.1 Å². The van der Waals surface area contributed by atoms with Gasteiger partial charge in [-0.15, -0.1) is 0 Å². The van der Waals surface area contributed by atoms with Crippen molar-refractivity contribution in [1.82, 2.24) is 9.62 Å². The second-order valence-corrected chi connectivity index (χ2v) is 8.92. The molecule has 150 valence electrons. The fourth-order valence-electron chi connectivity index (χ4n) is 3.58. The zero-order valence-electron chi connectivity index (χ0n) is 15.5. The first-order valence-corrected chi connectivity index (χ1v) is 10.8. The molecular weight excluding hydrogens is 383 g/mol. The van der Waals surface area contributed by atoms with Gasteiger partial charge in [-0.25, -0.2) is 22.3 Å². The molecule has 2 N–H and O–H groups in total. The summed E-state index contributed by atoms with van der Waals surface area (Å²) in [6, 6.07) is 12.7. The van der Waals surface area contributed by atoms with Crippen LogP contribution in [0.5, 0.6) is 0 Å². The molecule has 0 radical (unpaired) electrons. The Morgan fingerprint density at radius 3 is 2.54 bits per heavy atom. The van der Waals surface area contributed by atoms with Gasteiger partial charge in [0.1, 0.15) is 5.82 Å². The Morgan fingerprint density at radius 1 is 1.21 bits per heavy atom. The van der Waals surface area contributed by atoms with Gasteiger partial charge in [0.15, 0.2) is 0 Å². The van der Waals surface area contributed by atoms with Crippen LogP contribution in [0.15, 0.2) is 48.5 Å². The third kappa shape index (κ3) is 4.69. The van der Waals surface area contributed by atoms with Gasteiger partial charge in [-0.2, -0.15) is 0 Å². The number of nitrogens with one attached hydrogen (secondary N) is 1. The van der Waals surface area contributed by atoms with Crippen molar-refractivity contribution in [2.24, 2.45) is 0 Å². The number of halogens is 1. The van der Waals surface area contributed by atoms with E-state index in [1.807, 2.05) is 24.3 Å². The molecule has 1 heterocycles. The van der Waals surface area contributed by atoms with E-state index in [0.29, 0.717) is 12.8 Å². The lowest BCUT2D eigenvalue weighted by atomic mass is 9.97. The number of carboxylic acid groups (broad SMARTS) is 1. The molecule has 1 saturated heterocycles. The molecule has 1 aliphatic heterocycles. The smallest absolute Gasteiger partial charge is 0.407 e. The molecule has 6 nitrogen and oxygen atoms in total. The van der Waals surface area contributed by atoms with E-state index < -0.39 is 28.2 Å². The van der Waals surface area contributed by atoms with E-state index in [1.165, 1.54) is 17.0 Å². The van der Waals surface area contributed by atoms with Gasteiger partial charge in [0.05, 0.1) is 11.8 Å². The van der Waals surface area contributed by atoms with Gasteiger partial charge >= 0.3 is 6.09 Å². The van der Waals surface area contributed by atoms with Crippen LogP contribution in [-0.4, -0.2) is 48.9 Å². The van der Waals surface area contributed by atoms with Crippen LogP contribution in [0.4, 0.5) is 9.18 Å². The number of nitrogens with zero attached hydrogens (tertiary/aromatic N) is 1. The first-order valence-electron chi connectivity index (χ1n) is 9.13. The number of rotatable bonds is 6. The number of hydrogen-bond donors (Lipinski definition) is 2. The highest BCUT2D eigenvalue weighted by atomic mass is 32.2.